The molecule has 0 aromatic carbocycles. The Balaban J connectivity index is 0.00000132. The second-order valence-electron chi connectivity index (χ2n) is 11.6. The third-order valence-electron chi connectivity index (χ3n) is 5.71. The van der Waals surface area contributed by atoms with Gasteiger partial charge in [0, 0.05) is 37.7 Å². The van der Waals surface area contributed by atoms with Crippen LogP contribution in [0, 0.1) is 18.3 Å². The van der Waals surface area contributed by atoms with Crippen molar-refractivity contribution in [3.63, 3.8) is 0 Å². The molecule has 40 heavy (non-hydrogen) atoms. The van der Waals surface area contributed by atoms with E-state index in [1.165, 1.54) is 25.1 Å². The number of anilines is 2. The molecular weight excluding hydrogens is 524 g/mol. The van der Waals surface area contributed by atoms with Crippen LogP contribution in [-0.4, -0.2) is 74.8 Å². The van der Waals surface area contributed by atoms with Crippen molar-refractivity contribution in [2.45, 2.75) is 107 Å². The number of aliphatic imine (C=N–C) groups is 2. The standard InChI is InChI=1S/C23H37N5OS.C3H8O2.C2H5N.C2H6/c1-7-18-14(2)12-30-21(27-18)19-15(3)25-22(24-13-23(4,5)6)28-20(19)26-17-9-8-16(10-17)11-29;1-3(2,4)5;1-3-2;1-2/h16-17,29H,7-13H2,1-6H3,(H2,24,25,26,28);4-5H,1-2H3;1H2,2H3;1-2H3. The van der Waals surface area contributed by atoms with Crippen molar-refractivity contribution in [1.82, 2.24) is 9.97 Å². The van der Waals surface area contributed by atoms with Crippen molar-refractivity contribution in [3.05, 3.63) is 22.5 Å². The van der Waals surface area contributed by atoms with Crippen LogP contribution in [0.1, 0.15) is 99.3 Å². The number of allylic oxidation sites excluding steroid dienone is 1. The third kappa shape index (κ3) is 15.1. The Bertz CT molecular complexity index is 961. The van der Waals surface area contributed by atoms with Gasteiger partial charge in [-0.2, -0.15) is 4.98 Å². The van der Waals surface area contributed by atoms with Crippen LogP contribution in [0.15, 0.2) is 21.3 Å². The van der Waals surface area contributed by atoms with Crippen LogP contribution in [-0.2, 0) is 0 Å². The predicted molar refractivity (Wildman–Crippen MR) is 174 cm³/mol. The quantitative estimate of drug-likeness (QED) is 0.194. The summed E-state index contributed by atoms with van der Waals surface area (Å²) in [5.74, 6) is 1.37. The van der Waals surface area contributed by atoms with Crippen LogP contribution in [0.3, 0.4) is 0 Å². The van der Waals surface area contributed by atoms with Gasteiger partial charge in [-0.3, -0.25) is 0 Å². The fourth-order valence-electron chi connectivity index (χ4n) is 3.94. The Morgan fingerprint density at radius 3 is 2.12 bits per heavy atom. The van der Waals surface area contributed by atoms with Gasteiger partial charge in [0.25, 0.3) is 0 Å². The number of rotatable bonds is 7. The van der Waals surface area contributed by atoms with Crippen molar-refractivity contribution in [3.8, 4) is 0 Å². The van der Waals surface area contributed by atoms with E-state index in [0.717, 1.165) is 60.1 Å². The highest BCUT2D eigenvalue weighted by Gasteiger charge is 2.27. The number of thioether (sulfide) groups is 1. The predicted octanol–water partition coefficient (Wildman–Crippen LogP) is 6.04. The monoisotopic (exact) mass is 580 g/mol. The SMILES string of the molecule is C=NC.CC.CC(C)(O)O.CCC1=C(C)CSC(c2c(C)nc(NCC(C)(C)C)nc2NC2CCC(CO)C2)=N1. The molecule has 1 aromatic heterocycles. The van der Waals surface area contributed by atoms with E-state index in [9.17, 15) is 5.11 Å². The fraction of sp³-hybridized carbons (Fsp3) is 0.733. The molecule has 2 heterocycles. The number of aromatic nitrogens is 2. The molecule has 0 radical (unpaired) electrons. The molecule has 10 heteroatoms. The van der Waals surface area contributed by atoms with Gasteiger partial charge >= 0.3 is 0 Å². The molecule has 2 unspecified atom stereocenters. The zero-order valence-corrected chi connectivity index (χ0v) is 27.7. The smallest absolute Gasteiger partial charge is 0.224 e. The molecule has 1 aliphatic carbocycles. The van der Waals surface area contributed by atoms with Gasteiger partial charge in [-0.1, -0.05) is 41.5 Å². The van der Waals surface area contributed by atoms with Crippen molar-refractivity contribution in [2.75, 3.05) is 36.6 Å². The minimum atomic E-state index is -1.50. The summed E-state index contributed by atoms with van der Waals surface area (Å²) in [5, 5.41) is 33.8. The zero-order valence-electron chi connectivity index (χ0n) is 26.9. The molecule has 3 rings (SSSR count). The largest absolute Gasteiger partial charge is 0.396 e. The summed E-state index contributed by atoms with van der Waals surface area (Å²) >= 11 is 1.77. The maximum Gasteiger partial charge on any atom is 0.224 e. The molecule has 1 aromatic rings. The molecule has 5 N–H and O–H groups in total. The minimum absolute atomic E-state index is 0.144. The van der Waals surface area contributed by atoms with Crippen LogP contribution >= 0.6 is 11.8 Å². The lowest BCUT2D eigenvalue weighted by molar-refractivity contribution is -0.127. The molecule has 9 nitrogen and oxygen atoms in total. The summed E-state index contributed by atoms with van der Waals surface area (Å²) in [6, 6.07) is 0.322. The highest BCUT2D eigenvalue weighted by molar-refractivity contribution is 8.14. The second-order valence-corrected chi connectivity index (χ2v) is 12.5. The van der Waals surface area contributed by atoms with E-state index < -0.39 is 5.79 Å². The molecule has 1 aliphatic heterocycles. The Labute approximate surface area is 247 Å². The molecule has 2 atom stereocenters. The van der Waals surface area contributed by atoms with E-state index in [2.05, 4.69) is 63.9 Å². The Hall–Kier alpha value is -2.01. The first-order chi connectivity index (χ1) is 18.6. The lowest BCUT2D eigenvalue weighted by Crippen LogP contribution is -2.24. The first-order valence-electron chi connectivity index (χ1n) is 14.3. The summed E-state index contributed by atoms with van der Waals surface area (Å²) in [6.07, 6.45) is 4.02. The van der Waals surface area contributed by atoms with E-state index >= 15 is 0 Å². The van der Waals surface area contributed by atoms with Gasteiger partial charge in [-0.25, -0.2) is 9.98 Å². The molecular formula is C30H56N6O3S. The third-order valence-corrected chi connectivity index (χ3v) is 6.86. The Morgan fingerprint density at radius 2 is 1.65 bits per heavy atom. The van der Waals surface area contributed by atoms with Gasteiger partial charge < -0.3 is 30.9 Å². The van der Waals surface area contributed by atoms with Gasteiger partial charge in [-0.05, 0) is 77.0 Å². The summed E-state index contributed by atoms with van der Waals surface area (Å²) in [4.78, 5) is 17.9. The maximum atomic E-state index is 9.53. The van der Waals surface area contributed by atoms with Crippen molar-refractivity contribution in [2.24, 2.45) is 21.3 Å². The number of aryl methyl sites for hydroxylation is 1. The highest BCUT2D eigenvalue weighted by Crippen LogP contribution is 2.34. The number of aliphatic hydroxyl groups excluding tert-OH is 1. The second kappa shape index (κ2) is 18.4. The topological polar surface area (TPSA) is 135 Å². The number of aliphatic hydroxyl groups is 3. The lowest BCUT2D eigenvalue weighted by atomic mass is 9.97. The van der Waals surface area contributed by atoms with Gasteiger partial charge in [0.15, 0.2) is 5.79 Å². The molecule has 0 spiro atoms. The lowest BCUT2D eigenvalue weighted by Gasteiger charge is -2.23. The summed E-state index contributed by atoms with van der Waals surface area (Å²) in [5.41, 5.74) is 4.63. The van der Waals surface area contributed by atoms with Gasteiger partial charge in [0.1, 0.15) is 10.9 Å². The van der Waals surface area contributed by atoms with Gasteiger partial charge in [0.2, 0.25) is 5.95 Å². The molecule has 1 saturated carbocycles. The maximum absolute atomic E-state index is 9.53. The Morgan fingerprint density at radius 1 is 1.07 bits per heavy atom. The summed E-state index contributed by atoms with van der Waals surface area (Å²) < 4.78 is 0. The molecule has 0 amide bonds. The minimum Gasteiger partial charge on any atom is -0.396 e. The van der Waals surface area contributed by atoms with Gasteiger partial charge in [0.05, 0.1) is 11.3 Å². The van der Waals surface area contributed by atoms with E-state index in [-0.39, 0.29) is 12.0 Å². The average Bonchev–Trinajstić information content (AvgIpc) is 3.31. The molecule has 0 bridgehead atoms. The van der Waals surface area contributed by atoms with E-state index in [1.54, 1.807) is 18.8 Å². The number of hydrogen-bond acceptors (Lipinski definition) is 10. The zero-order chi connectivity index (χ0) is 31.1. The number of hydrogen-bond donors (Lipinski definition) is 5. The molecule has 0 saturated heterocycles. The van der Waals surface area contributed by atoms with Crippen LogP contribution in [0.2, 0.25) is 0 Å². The molecule has 2 aliphatic rings. The van der Waals surface area contributed by atoms with Crippen LogP contribution in [0.5, 0.6) is 0 Å². The van der Waals surface area contributed by atoms with E-state index in [0.29, 0.717) is 17.9 Å². The van der Waals surface area contributed by atoms with Crippen LogP contribution in [0.4, 0.5) is 11.8 Å². The molecule has 1 fully saturated rings. The first-order valence-corrected chi connectivity index (χ1v) is 15.3. The number of nitrogens with one attached hydrogen (secondary N) is 2. The normalized spacial score (nSPS) is 18.7. The van der Waals surface area contributed by atoms with Crippen LogP contribution in [0.25, 0.3) is 0 Å². The van der Waals surface area contributed by atoms with E-state index in [1.807, 2.05) is 13.8 Å². The molecule has 230 valence electrons. The highest BCUT2D eigenvalue weighted by atomic mass is 32.2. The Kier molecular flexibility index (Phi) is 17.5. The number of nitrogens with zero attached hydrogens (tertiary/aromatic N) is 4. The van der Waals surface area contributed by atoms with Crippen LogP contribution < -0.4 is 10.6 Å². The summed E-state index contributed by atoms with van der Waals surface area (Å²) in [7, 11) is 1.64. The fourth-order valence-corrected chi connectivity index (χ4v) is 5.02. The summed E-state index contributed by atoms with van der Waals surface area (Å²) in [6.45, 7) is 23.7. The van der Waals surface area contributed by atoms with Gasteiger partial charge in [-0.15, -0.1) is 11.8 Å². The first kappa shape index (κ1) is 38.0. The van der Waals surface area contributed by atoms with Crippen molar-refractivity contribution >= 4 is 35.3 Å². The average molecular weight is 581 g/mol. The van der Waals surface area contributed by atoms with E-state index in [4.69, 9.17) is 25.2 Å². The van der Waals surface area contributed by atoms with Crippen molar-refractivity contribution in [1.29, 1.82) is 0 Å². The van der Waals surface area contributed by atoms with Crippen molar-refractivity contribution < 1.29 is 15.3 Å².